The van der Waals surface area contributed by atoms with Crippen LogP contribution in [0.4, 0.5) is 0 Å². The number of rotatable bonds is 10. The molecule has 0 amide bonds. The minimum Gasteiger partial charge on any atom is -0.370 e. The molecule has 3 N–H and O–H groups in total. The zero-order valence-corrected chi connectivity index (χ0v) is 13.8. The lowest BCUT2D eigenvalue weighted by Crippen LogP contribution is -2.33. The van der Waals surface area contributed by atoms with E-state index in [-0.39, 0.29) is 0 Å². The van der Waals surface area contributed by atoms with Crippen molar-refractivity contribution in [3.05, 3.63) is 0 Å². The van der Waals surface area contributed by atoms with E-state index in [0.717, 1.165) is 25.0 Å². The number of nitrogens with two attached hydrogens (primary N) is 1. The van der Waals surface area contributed by atoms with Gasteiger partial charge in [-0.3, -0.25) is 4.99 Å². The molecule has 0 aromatic rings. The van der Waals surface area contributed by atoms with Crippen molar-refractivity contribution < 1.29 is 0 Å². The lowest BCUT2D eigenvalue weighted by molar-refractivity contribution is 0.315. The number of hydrogen-bond donors (Lipinski definition) is 2. The molecular weight excluding hydrogens is 260 g/mol. The summed E-state index contributed by atoms with van der Waals surface area (Å²) in [7, 11) is 0. The molecule has 0 aromatic heterocycles. The monoisotopic (exact) mass is 294 g/mol. The average Bonchev–Trinajstić information content (AvgIpc) is 3.23. The zero-order valence-electron chi connectivity index (χ0n) is 13.8. The molecule has 1 atom stereocenters. The van der Waals surface area contributed by atoms with Gasteiger partial charge in [-0.05, 0) is 38.1 Å². The first-order valence-electron chi connectivity index (χ1n) is 9.07. The van der Waals surface area contributed by atoms with Crippen LogP contribution >= 0.6 is 0 Å². The maximum absolute atomic E-state index is 5.95. The van der Waals surface area contributed by atoms with Gasteiger partial charge in [0.2, 0.25) is 0 Å². The van der Waals surface area contributed by atoms with Gasteiger partial charge in [-0.25, -0.2) is 0 Å². The molecule has 1 unspecified atom stereocenters. The minimum absolute atomic E-state index is 0.647. The van der Waals surface area contributed by atoms with Gasteiger partial charge in [-0.15, -0.1) is 0 Å². The Morgan fingerprint density at radius 1 is 1.14 bits per heavy atom. The van der Waals surface area contributed by atoms with Crippen LogP contribution in [-0.4, -0.2) is 43.1 Å². The van der Waals surface area contributed by atoms with Gasteiger partial charge in [-0.2, -0.15) is 0 Å². The highest BCUT2D eigenvalue weighted by molar-refractivity contribution is 5.77. The van der Waals surface area contributed by atoms with Crippen LogP contribution in [0, 0.1) is 5.92 Å². The molecule has 21 heavy (non-hydrogen) atoms. The third-order valence-electron chi connectivity index (χ3n) is 4.74. The Labute approximate surface area is 130 Å². The molecule has 4 heteroatoms. The average molecular weight is 294 g/mol. The maximum Gasteiger partial charge on any atom is 0.188 e. The molecule has 4 nitrogen and oxygen atoms in total. The van der Waals surface area contributed by atoms with E-state index in [1.54, 1.807) is 0 Å². The fourth-order valence-corrected chi connectivity index (χ4v) is 3.19. The minimum atomic E-state index is 0.647. The van der Waals surface area contributed by atoms with Gasteiger partial charge in [0, 0.05) is 25.7 Å². The quantitative estimate of drug-likeness (QED) is 0.370. The van der Waals surface area contributed by atoms with E-state index in [1.807, 2.05) is 0 Å². The van der Waals surface area contributed by atoms with Crippen LogP contribution in [0.3, 0.4) is 0 Å². The summed E-state index contributed by atoms with van der Waals surface area (Å²) in [6, 6.07) is 0.905. The summed E-state index contributed by atoms with van der Waals surface area (Å²) in [6.45, 7) is 6.64. The van der Waals surface area contributed by atoms with Gasteiger partial charge in [0.05, 0.1) is 0 Å². The zero-order chi connectivity index (χ0) is 14.9. The van der Waals surface area contributed by atoms with Gasteiger partial charge in [-0.1, -0.05) is 39.0 Å². The van der Waals surface area contributed by atoms with Crippen molar-refractivity contribution in [2.24, 2.45) is 16.6 Å². The predicted molar refractivity (Wildman–Crippen MR) is 90.6 cm³/mol. The summed E-state index contributed by atoms with van der Waals surface area (Å²) >= 11 is 0. The first-order valence-corrected chi connectivity index (χ1v) is 9.07. The molecule has 0 aromatic carbocycles. The molecule has 0 radical (unpaired) electrons. The van der Waals surface area contributed by atoms with Crippen LogP contribution in [0.1, 0.15) is 64.7 Å². The second-order valence-electron chi connectivity index (χ2n) is 6.80. The van der Waals surface area contributed by atoms with Crippen molar-refractivity contribution in [2.45, 2.75) is 70.8 Å². The Morgan fingerprint density at radius 2 is 1.90 bits per heavy atom. The summed E-state index contributed by atoms with van der Waals surface area (Å²) < 4.78 is 0. The molecule has 1 saturated heterocycles. The van der Waals surface area contributed by atoms with E-state index in [9.17, 15) is 0 Å². The topological polar surface area (TPSA) is 53.6 Å². The molecule has 2 rings (SSSR count). The summed E-state index contributed by atoms with van der Waals surface area (Å²) in [4.78, 5) is 7.16. The standard InChI is InChI=1S/C17H34N4/c1-2-3-4-5-6-7-11-19-17(18)20-13-15-10-12-21(14-15)16-8-9-16/h15-16H,2-14H2,1H3,(H3,18,19,20). The van der Waals surface area contributed by atoms with Crippen molar-refractivity contribution in [1.29, 1.82) is 0 Å². The van der Waals surface area contributed by atoms with E-state index < -0.39 is 0 Å². The molecule has 0 bridgehead atoms. The Hall–Kier alpha value is -0.770. The first kappa shape index (κ1) is 16.6. The normalized spacial score (nSPS) is 23.7. The fraction of sp³-hybridized carbons (Fsp3) is 0.941. The highest BCUT2D eigenvalue weighted by atomic mass is 15.2. The lowest BCUT2D eigenvalue weighted by atomic mass is 10.1. The van der Waals surface area contributed by atoms with Gasteiger partial charge in [0.25, 0.3) is 0 Å². The number of aliphatic imine (C=N–C) groups is 1. The third-order valence-corrected chi connectivity index (χ3v) is 4.74. The van der Waals surface area contributed by atoms with E-state index in [1.165, 1.54) is 70.9 Å². The van der Waals surface area contributed by atoms with Gasteiger partial charge in [0.1, 0.15) is 0 Å². The van der Waals surface area contributed by atoms with Crippen LogP contribution in [-0.2, 0) is 0 Å². The molecule has 1 aliphatic heterocycles. The maximum atomic E-state index is 5.95. The molecule has 1 saturated carbocycles. The Kier molecular flexibility index (Phi) is 7.34. The van der Waals surface area contributed by atoms with Crippen molar-refractivity contribution in [1.82, 2.24) is 10.2 Å². The van der Waals surface area contributed by atoms with Crippen LogP contribution in [0.2, 0.25) is 0 Å². The van der Waals surface area contributed by atoms with Crippen molar-refractivity contribution in [2.75, 3.05) is 26.2 Å². The summed E-state index contributed by atoms with van der Waals surface area (Å²) in [6.07, 6.45) is 12.1. The number of nitrogens with one attached hydrogen (secondary N) is 1. The number of guanidine groups is 1. The molecule has 122 valence electrons. The smallest absolute Gasteiger partial charge is 0.188 e. The summed E-state index contributed by atoms with van der Waals surface area (Å²) in [5.41, 5.74) is 5.95. The van der Waals surface area contributed by atoms with E-state index in [2.05, 4.69) is 22.1 Å². The number of nitrogens with zero attached hydrogens (tertiary/aromatic N) is 2. The highest BCUT2D eigenvalue weighted by Gasteiger charge is 2.34. The van der Waals surface area contributed by atoms with Crippen molar-refractivity contribution >= 4 is 5.96 Å². The highest BCUT2D eigenvalue weighted by Crippen LogP contribution is 2.31. The van der Waals surface area contributed by atoms with Crippen LogP contribution in [0.25, 0.3) is 0 Å². The van der Waals surface area contributed by atoms with Crippen LogP contribution < -0.4 is 11.1 Å². The summed E-state index contributed by atoms with van der Waals surface area (Å²) in [5.74, 6) is 1.37. The third kappa shape index (κ3) is 6.68. The van der Waals surface area contributed by atoms with Crippen LogP contribution in [0.5, 0.6) is 0 Å². The predicted octanol–water partition coefficient (Wildman–Crippen LogP) is 2.74. The molecular formula is C17H34N4. The molecule has 2 fully saturated rings. The second-order valence-corrected chi connectivity index (χ2v) is 6.80. The number of unbranched alkanes of at least 4 members (excludes halogenated alkanes) is 5. The SMILES string of the molecule is CCCCCCCCNC(N)=NCC1CCN(C2CC2)C1. The van der Waals surface area contributed by atoms with E-state index >= 15 is 0 Å². The van der Waals surface area contributed by atoms with Gasteiger partial charge < -0.3 is 16.0 Å². The van der Waals surface area contributed by atoms with E-state index in [4.69, 9.17) is 5.73 Å². The Balaban J connectivity index is 1.47. The van der Waals surface area contributed by atoms with Gasteiger partial charge >= 0.3 is 0 Å². The lowest BCUT2D eigenvalue weighted by Gasteiger charge is -2.13. The molecule has 1 aliphatic carbocycles. The molecule has 0 spiro atoms. The van der Waals surface area contributed by atoms with Gasteiger partial charge in [0.15, 0.2) is 5.96 Å². The molecule has 1 heterocycles. The van der Waals surface area contributed by atoms with Crippen LogP contribution in [0.15, 0.2) is 4.99 Å². The Bertz CT molecular complexity index is 312. The largest absolute Gasteiger partial charge is 0.370 e. The van der Waals surface area contributed by atoms with Crippen molar-refractivity contribution in [3.63, 3.8) is 0 Å². The summed E-state index contributed by atoms with van der Waals surface area (Å²) in [5, 5.41) is 3.26. The first-order chi connectivity index (χ1) is 10.3. The van der Waals surface area contributed by atoms with E-state index in [0.29, 0.717) is 5.96 Å². The Morgan fingerprint density at radius 3 is 2.67 bits per heavy atom. The second kappa shape index (κ2) is 9.29. The number of likely N-dealkylation sites (tertiary alicyclic amines) is 1. The fourth-order valence-electron chi connectivity index (χ4n) is 3.19. The molecule has 2 aliphatic rings. The number of hydrogen-bond acceptors (Lipinski definition) is 2. The van der Waals surface area contributed by atoms with Crippen molar-refractivity contribution in [3.8, 4) is 0 Å².